The van der Waals surface area contributed by atoms with Crippen molar-refractivity contribution in [1.29, 1.82) is 0 Å². The normalized spacial score (nSPS) is 20.2. The van der Waals surface area contributed by atoms with Crippen LogP contribution in [-0.2, 0) is 6.42 Å². The number of fused-ring (bicyclic) bond motifs is 1. The van der Waals surface area contributed by atoms with Gasteiger partial charge in [0, 0.05) is 30.3 Å². The average molecular weight is 286 g/mol. The van der Waals surface area contributed by atoms with E-state index in [2.05, 4.69) is 28.8 Å². The Morgan fingerprint density at radius 3 is 3.00 bits per heavy atom. The molecule has 1 aliphatic heterocycles. The van der Waals surface area contributed by atoms with E-state index in [9.17, 15) is 4.79 Å². The minimum absolute atomic E-state index is 0.529. The number of carbonyl (C=O) groups excluding carboxylic acids is 1. The first-order valence-corrected chi connectivity index (χ1v) is 7.73. The Balaban J connectivity index is 1.81. The molecule has 1 unspecified atom stereocenters. The maximum absolute atomic E-state index is 10.8. The zero-order chi connectivity index (χ0) is 14.8. The number of rotatable bonds is 4. The van der Waals surface area contributed by atoms with Crippen molar-refractivity contribution in [3.63, 3.8) is 0 Å². The van der Waals surface area contributed by atoms with Gasteiger partial charge in [-0.25, -0.2) is 9.50 Å². The lowest BCUT2D eigenvalue weighted by atomic mass is 9.97. The van der Waals surface area contributed by atoms with Gasteiger partial charge >= 0.3 is 0 Å². The van der Waals surface area contributed by atoms with E-state index < -0.39 is 0 Å². The Bertz CT molecular complexity index is 634. The summed E-state index contributed by atoms with van der Waals surface area (Å²) in [6.45, 7) is 5.68. The van der Waals surface area contributed by atoms with E-state index >= 15 is 0 Å². The first-order valence-electron chi connectivity index (χ1n) is 7.73. The third-order valence-corrected chi connectivity index (χ3v) is 4.29. The predicted octanol–water partition coefficient (Wildman–Crippen LogP) is 2.35. The fourth-order valence-corrected chi connectivity index (χ4v) is 3.23. The molecular weight excluding hydrogens is 264 g/mol. The third-order valence-electron chi connectivity index (χ3n) is 4.29. The van der Waals surface area contributed by atoms with Crippen molar-refractivity contribution < 1.29 is 4.79 Å². The molecule has 21 heavy (non-hydrogen) atoms. The van der Waals surface area contributed by atoms with Gasteiger partial charge in [-0.05, 0) is 45.4 Å². The van der Waals surface area contributed by atoms with Gasteiger partial charge in [0.25, 0.3) is 0 Å². The van der Waals surface area contributed by atoms with Crippen molar-refractivity contribution in [3.05, 3.63) is 29.7 Å². The lowest BCUT2D eigenvalue weighted by molar-refractivity contribution is 0.110. The van der Waals surface area contributed by atoms with Gasteiger partial charge in [-0.3, -0.25) is 9.69 Å². The van der Waals surface area contributed by atoms with Gasteiger partial charge in [0.05, 0.1) is 0 Å². The van der Waals surface area contributed by atoms with Crippen LogP contribution in [0.5, 0.6) is 0 Å². The van der Waals surface area contributed by atoms with Crippen LogP contribution in [0.2, 0.25) is 0 Å². The Morgan fingerprint density at radius 2 is 2.24 bits per heavy atom. The number of aromatic nitrogens is 3. The van der Waals surface area contributed by atoms with Crippen LogP contribution in [0.4, 0.5) is 0 Å². The van der Waals surface area contributed by atoms with Crippen LogP contribution >= 0.6 is 0 Å². The molecule has 0 N–H and O–H groups in total. The van der Waals surface area contributed by atoms with Gasteiger partial charge in [0.1, 0.15) is 0 Å². The number of aldehydes is 1. The predicted molar refractivity (Wildman–Crippen MR) is 81.6 cm³/mol. The van der Waals surface area contributed by atoms with E-state index in [1.54, 1.807) is 16.8 Å². The number of pyridine rings is 1. The van der Waals surface area contributed by atoms with Crippen LogP contribution < -0.4 is 0 Å². The number of nitrogens with zero attached hydrogens (tertiary/aromatic N) is 4. The van der Waals surface area contributed by atoms with Gasteiger partial charge in [0.15, 0.2) is 17.8 Å². The molecule has 5 nitrogen and oxygen atoms in total. The van der Waals surface area contributed by atoms with E-state index in [1.807, 2.05) is 6.07 Å². The molecule has 1 saturated heterocycles. The smallest absolute Gasteiger partial charge is 0.155 e. The second-order valence-corrected chi connectivity index (χ2v) is 6.10. The SMILES string of the molecule is CC(C)N1CCCCC1Cc1nc2ccc(C=O)cn2n1. The van der Waals surface area contributed by atoms with Crippen molar-refractivity contribution >= 4 is 11.9 Å². The van der Waals surface area contributed by atoms with Gasteiger partial charge in [-0.2, -0.15) is 5.10 Å². The zero-order valence-corrected chi connectivity index (χ0v) is 12.7. The summed E-state index contributed by atoms with van der Waals surface area (Å²) in [4.78, 5) is 18.0. The topological polar surface area (TPSA) is 50.5 Å². The van der Waals surface area contributed by atoms with Crippen LogP contribution in [0, 0.1) is 0 Å². The summed E-state index contributed by atoms with van der Waals surface area (Å²) in [5.74, 6) is 0.871. The quantitative estimate of drug-likeness (QED) is 0.810. The summed E-state index contributed by atoms with van der Waals surface area (Å²) in [5, 5.41) is 4.53. The highest BCUT2D eigenvalue weighted by Gasteiger charge is 2.25. The molecule has 2 aromatic heterocycles. The summed E-state index contributed by atoms with van der Waals surface area (Å²) in [6.07, 6.45) is 7.25. The van der Waals surface area contributed by atoms with E-state index in [1.165, 1.54) is 25.8 Å². The molecule has 112 valence electrons. The average Bonchev–Trinajstić information content (AvgIpc) is 2.88. The maximum atomic E-state index is 10.8. The van der Waals surface area contributed by atoms with Gasteiger partial charge < -0.3 is 0 Å². The molecule has 0 radical (unpaired) electrons. The first kappa shape index (κ1) is 14.2. The fourth-order valence-electron chi connectivity index (χ4n) is 3.23. The molecule has 5 heteroatoms. The molecule has 0 amide bonds. The van der Waals surface area contributed by atoms with E-state index in [0.29, 0.717) is 17.6 Å². The summed E-state index contributed by atoms with van der Waals surface area (Å²) in [6, 6.07) is 4.72. The molecular formula is C16H22N4O. The van der Waals surface area contributed by atoms with E-state index in [0.717, 1.165) is 24.2 Å². The van der Waals surface area contributed by atoms with Crippen LogP contribution in [0.3, 0.4) is 0 Å². The molecule has 3 heterocycles. The number of likely N-dealkylation sites (tertiary alicyclic amines) is 1. The van der Waals surface area contributed by atoms with Crippen LogP contribution in [0.15, 0.2) is 18.3 Å². The lowest BCUT2D eigenvalue weighted by Gasteiger charge is -2.38. The Hall–Kier alpha value is -1.75. The first-order chi connectivity index (χ1) is 10.2. The van der Waals surface area contributed by atoms with Crippen LogP contribution in [0.1, 0.15) is 49.3 Å². The Morgan fingerprint density at radius 1 is 1.38 bits per heavy atom. The molecule has 2 aromatic rings. The third kappa shape index (κ3) is 2.97. The molecule has 0 saturated carbocycles. The number of carbonyl (C=O) groups is 1. The summed E-state index contributed by atoms with van der Waals surface area (Å²) >= 11 is 0. The van der Waals surface area contributed by atoms with Gasteiger partial charge in [-0.1, -0.05) is 6.42 Å². The summed E-state index contributed by atoms with van der Waals surface area (Å²) in [5.41, 5.74) is 1.43. The van der Waals surface area contributed by atoms with Crippen molar-refractivity contribution in [2.75, 3.05) is 6.54 Å². The molecule has 0 spiro atoms. The van der Waals surface area contributed by atoms with E-state index in [4.69, 9.17) is 0 Å². The standard InChI is InChI=1S/C16H22N4O/c1-12(2)19-8-4-3-5-14(19)9-15-17-16-7-6-13(11-21)10-20(16)18-15/h6-7,10-12,14H,3-5,8-9H2,1-2H3. The fraction of sp³-hybridized carbons (Fsp3) is 0.562. The monoisotopic (exact) mass is 286 g/mol. The lowest BCUT2D eigenvalue weighted by Crippen LogP contribution is -2.45. The number of piperidine rings is 1. The molecule has 1 aliphatic rings. The maximum Gasteiger partial charge on any atom is 0.155 e. The molecule has 1 fully saturated rings. The highest BCUT2D eigenvalue weighted by Crippen LogP contribution is 2.22. The van der Waals surface area contributed by atoms with Gasteiger partial charge in [0.2, 0.25) is 0 Å². The van der Waals surface area contributed by atoms with Crippen molar-refractivity contribution in [1.82, 2.24) is 19.5 Å². The molecule has 0 bridgehead atoms. The summed E-state index contributed by atoms with van der Waals surface area (Å²) < 4.78 is 1.71. The highest BCUT2D eigenvalue weighted by molar-refractivity contribution is 5.74. The molecule has 0 aliphatic carbocycles. The van der Waals surface area contributed by atoms with Crippen LogP contribution in [-0.4, -0.2) is 44.4 Å². The second-order valence-electron chi connectivity index (χ2n) is 6.10. The molecule has 1 atom stereocenters. The largest absolute Gasteiger partial charge is 0.298 e. The van der Waals surface area contributed by atoms with Crippen molar-refractivity contribution in [2.24, 2.45) is 0 Å². The Labute approximate surface area is 125 Å². The van der Waals surface area contributed by atoms with Crippen LogP contribution in [0.25, 0.3) is 5.65 Å². The highest BCUT2D eigenvalue weighted by atomic mass is 16.1. The second kappa shape index (κ2) is 5.93. The zero-order valence-electron chi connectivity index (χ0n) is 12.7. The van der Waals surface area contributed by atoms with Crippen molar-refractivity contribution in [3.8, 4) is 0 Å². The van der Waals surface area contributed by atoms with Gasteiger partial charge in [-0.15, -0.1) is 0 Å². The summed E-state index contributed by atoms with van der Waals surface area (Å²) in [7, 11) is 0. The number of hydrogen-bond acceptors (Lipinski definition) is 4. The van der Waals surface area contributed by atoms with Crippen molar-refractivity contribution in [2.45, 2.75) is 51.6 Å². The molecule has 0 aromatic carbocycles. The minimum atomic E-state index is 0.529. The van der Waals surface area contributed by atoms with E-state index in [-0.39, 0.29) is 0 Å². The molecule has 3 rings (SSSR count). The number of hydrogen-bond donors (Lipinski definition) is 0. The minimum Gasteiger partial charge on any atom is -0.298 e. The Kier molecular flexibility index (Phi) is 4.01.